The molecule has 1 aliphatic heterocycles. The van der Waals surface area contributed by atoms with E-state index in [1.165, 1.54) is 11.0 Å². The summed E-state index contributed by atoms with van der Waals surface area (Å²) in [5, 5.41) is 10.5. The Bertz CT molecular complexity index is 1410. The number of aliphatic imine (C=N–C) groups is 1. The first kappa shape index (κ1) is 20.6. The molecule has 1 atom stereocenters. The summed E-state index contributed by atoms with van der Waals surface area (Å²) in [5.41, 5.74) is 3.31. The molecule has 7 heteroatoms. The number of rotatable bonds is 5. The Morgan fingerprint density at radius 3 is 2.48 bits per heavy atom. The molecule has 0 unspecified atom stereocenters. The van der Waals surface area contributed by atoms with Crippen molar-refractivity contribution in [2.75, 3.05) is 11.4 Å². The average Bonchev–Trinajstić information content (AvgIpc) is 3.19. The van der Waals surface area contributed by atoms with Gasteiger partial charge in [0.25, 0.3) is 5.91 Å². The number of hydrogen-bond donors (Lipinski definition) is 2. The van der Waals surface area contributed by atoms with Gasteiger partial charge in [0.05, 0.1) is 11.4 Å². The maximum Gasteiger partial charge on any atom is 0.323 e. The lowest BCUT2D eigenvalue weighted by atomic mass is 9.99. The smallest absolute Gasteiger partial charge is 0.323 e. The summed E-state index contributed by atoms with van der Waals surface area (Å²) in [6.07, 6.45) is 2.07. The van der Waals surface area contributed by atoms with Crippen molar-refractivity contribution in [3.8, 4) is 0 Å². The molecule has 1 amide bonds. The molecule has 2 N–H and O–H groups in total. The third-order valence-corrected chi connectivity index (χ3v) is 5.80. The summed E-state index contributed by atoms with van der Waals surface area (Å²) in [6, 6.07) is 19.9. The standard InChI is InChI=1S/C26H20FN3O3/c27-20-10-4-1-8-18(20)25-19-9-3-6-12-23(19)30(15-24(31)32)26(33)22(29-25)13-16-14-28-21-11-5-2-7-17(16)21/h1-12,14,22,28H,13,15H2,(H,31,32)/t22-/m1/s1. The first-order valence-corrected chi connectivity index (χ1v) is 10.5. The fourth-order valence-corrected chi connectivity index (χ4v) is 4.30. The monoisotopic (exact) mass is 441 g/mol. The van der Waals surface area contributed by atoms with Crippen molar-refractivity contribution in [3.05, 3.63) is 102 Å². The molecule has 1 aliphatic rings. The van der Waals surface area contributed by atoms with Crippen LogP contribution in [0.5, 0.6) is 0 Å². The fraction of sp³-hybridized carbons (Fsp3) is 0.115. The van der Waals surface area contributed by atoms with Crippen LogP contribution in [0.3, 0.4) is 0 Å². The number of carboxylic acid groups (broad SMARTS) is 1. The fourth-order valence-electron chi connectivity index (χ4n) is 4.30. The first-order valence-electron chi connectivity index (χ1n) is 10.5. The molecule has 0 saturated carbocycles. The Balaban J connectivity index is 1.69. The Hall–Kier alpha value is -4.26. The number of benzodiazepines with no additional fused rings is 1. The highest BCUT2D eigenvalue weighted by atomic mass is 19.1. The Morgan fingerprint density at radius 1 is 1.00 bits per heavy atom. The van der Waals surface area contributed by atoms with Crippen molar-refractivity contribution in [3.63, 3.8) is 0 Å². The number of fused-ring (bicyclic) bond motifs is 2. The van der Waals surface area contributed by atoms with E-state index in [4.69, 9.17) is 4.99 Å². The van der Waals surface area contributed by atoms with Crippen molar-refractivity contribution >= 4 is 34.2 Å². The van der Waals surface area contributed by atoms with Crippen LogP contribution in [0.15, 0.2) is 84.0 Å². The Morgan fingerprint density at radius 2 is 1.70 bits per heavy atom. The highest BCUT2D eigenvalue weighted by Gasteiger charge is 2.34. The third-order valence-electron chi connectivity index (χ3n) is 5.80. The number of nitrogens with zero attached hydrogens (tertiary/aromatic N) is 2. The summed E-state index contributed by atoms with van der Waals surface area (Å²) in [5.74, 6) is -2.05. The van der Waals surface area contributed by atoms with Crippen LogP contribution in [0.2, 0.25) is 0 Å². The zero-order chi connectivity index (χ0) is 22.9. The molecule has 6 nitrogen and oxygen atoms in total. The third kappa shape index (κ3) is 3.78. The van der Waals surface area contributed by atoms with E-state index in [2.05, 4.69) is 4.98 Å². The van der Waals surface area contributed by atoms with Gasteiger partial charge in [-0.1, -0.05) is 48.5 Å². The number of aromatic nitrogens is 1. The second kappa shape index (κ2) is 8.35. The molecule has 164 valence electrons. The summed E-state index contributed by atoms with van der Waals surface area (Å²) >= 11 is 0. The van der Waals surface area contributed by atoms with Gasteiger partial charge in [-0.2, -0.15) is 0 Å². The number of carboxylic acids is 1. The number of H-pyrrole nitrogens is 1. The van der Waals surface area contributed by atoms with E-state index in [0.717, 1.165) is 16.5 Å². The Kier molecular flexibility index (Phi) is 5.22. The summed E-state index contributed by atoms with van der Waals surface area (Å²) < 4.78 is 14.8. The molecule has 5 rings (SSSR count). The quantitative estimate of drug-likeness (QED) is 0.487. The summed E-state index contributed by atoms with van der Waals surface area (Å²) in [7, 11) is 0. The predicted octanol–water partition coefficient (Wildman–Crippen LogP) is 4.19. The molecule has 4 aromatic rings. The molecule has 0 radical (unpaired) electrons. The first-order chi connectivity index (χ1) is 16.0. The number of anilines is 1. The van der Waals surface area contributed by atoms with Gasteiger partial charge in [-0.15, -0.1) is 0 Å². The van der Waals surface area contributed by atoms with E-state index in [0.29, 0.717) is 17.0 Å². The summed E-state index contributed by atoms with van der Waals surface area (Å²) in [6.45, 7) is -0.514. The van der Waals surface area contributed by atoms with Gasteiger partial charge in [0.1, 0.15) is 18.4 Å². The molecule has 2 heterocycles. The average molecular weight is 441 g/mol. The van der Waals surface area contributed by atoms with Gasteiger partial charge in [0, 0.05) is 34.6 Å². The number of hydrogen-bond acceptors (Lipinski definition) is 3. The van der Waals surface area contributed by atoms with E-state index in [-0.39, 0.29) is 12.0 Å². The number of halogens is 1. The maximum atomic E-state index is 14.8. The molecule has 0 fully saturated rings. The van der Waals surface area contributed by atoms with E-state index in [9.17, 15) is 19.1 Å². The number of para-hydroxylation sites is 2. The van der Waals surface area contributed by atoms with Crippen molar-refractivity contribution in [2.24, 2.45) is 4.99 Å². The van der Waals surface area contributed by atoms with Gasteiger partial charge in [0.15, 0.2) is 0 Å². The highest BCUT2D eigenvalue weighted by Crippen LogP contribution is 2.31. The van der Waals surface area contributed by atoms with Crippen molar-refractivity contribution < 1.29 is 19.1 Å². The molecule has 3 aromatic carbocycles. The van der Waals surface area contributed by atoms with Crippen LogP contribution in [0.4, 0.5) is 10.1 Å². The lowest BCUT2D eigenvalue weighted by Gasteiger charge is -2.23. The molecule has 0 spiro atoms. The molecule has 33 heavy (non-hydrogen) atoms. The largest absolute Gasteiger partial charge is 0.480 e. The van der Waals surface area contributed by atoms with E-state index in [1.54, 1.807) is 42.5 Å². The highest BCUT2D eigenvalue weighted by molar-refractivity contribution is 6.20. The SMILES string of the molecule is O=C(O)CN1C(=O)[C@@H](Cc2c[nH]c3ccccc23)N=C(c2ccccc2F)c2ccccc21. The van der Waals surface area contributed by atoms with E-state index < -0.39 is 30.3 Å². The number of benzene rings is 3. The molecular weight excluding hydrogens is 421 g/mol. The van der Waals surface area contributed by atoms with Gasteiger partial charge in [0.2, 0.25) is 0 Å². The molecule has 1 aromatic heterocycles. The van der Waals surface area contributed by atoms with Crippen LogP contribution >= 0.6 is 0 Å². The molecule has 0 saturated heterocycles. The van der Waals surface area contributed by atoms with Crippen molar-refractivity contribution in [1.82, 2.24) is 4.98 Å². The Labute approximate surface area is 189 Å². The summed E-state index contributed by atoms with van der Waals surface area (Å²) in [4.78, 5) is 34.4. The maximum absolute atomic E-state index is 14.8. The van der Waals surface area contributed by atoms with Gasteiger partial charge >= 0.3 is 5.97 Å². The zero-order valence-corrected chi connectivity index (χ0v) is 17.5. The second-order valence-corrected chi connectivity index (χ2v) is 7.87. The normalized spacial score (nSPS) is 15.8. The van der Waals surface area contributed by atoms with Crippen LogP contribution < -0.4 is 4.90 Å². The molecule has 0 bridgehead atoms. The number of amides is 1. The number of nitrogens with one attached hydrogen (secondary N) is 1. The van der Waals surface area contributed by atoms with Gasteiger partial charge in [-0.25, -0.2) is 4.39 Å². The van der Waals surface area contributed by atoms with Crippen LogP contribution in [-0.2, 0) is 16.0 Å². The number of carbonyl (C=O) groups is 2. The predicted molar refractivity (Wildman–Crippen MR) is 124 cm³/mol. The van der Waals surface area contributed by atoms with Crippen LogP contribution in [0, 0.1) is 5.82 Å². The van der Waals surface area contributed by atoms with Gasteiger partial charge in [-0.05, 0) is 29.8 Å². The number of aliphatic carboxylic acids is 1. The number of aromatic amines is 1. The lowest BCUT2D eigenvalue weighted by Crippen LogP contribution is -2.42. The minimum atomic E-state index is -1.14. The van der Waals surface area contributed by atoms with Crippen LogP contribution in [0.1, 0.15) is 16.7 Å². The van der Waals surface area contributed by atoms with Crippen LogP contribution in [0.25, 0.3) is 10.9 Å². The topological polar surface area (TPSA) is 85.8 Å². The van der Waals surface area contributed by atoms with Gasteiger partial charge < -0.3 is 10.1 Å². The second-order valence-electron chi connectivity index (χ2n) is 7.87. The number of carbonyl (C=O) groups excluding carboxylic acids is 1. The molecule has 0 aliphatic carbocycles. The minimum Gasteiger partial charge on any atom is -0.480 e. The zero-order valence-electron chi connectivity index (χ0n) is 17.5. The van der Waals surface area contributed by atoms with Crippen molar-refractivity contribution in [1.29, 1.82) is 0 Å². The molecular formula is C26H20FN3O3. The van der Waals surface area contributed by atoms with Crippen molar-refractivity contribution in [2.45, 2.75) is 12.5 Å². The van der Waals surface area contributed by atoms with Gasteiger partial charge in [-0.3, -0.25) is 19.5 Å². The van der Waals surface area contributed by atoms with E-state index >= 15 is 0 Å². The van der Waals surface area contributed by atoms with Crippen LogP contribution in [-0.4, -0.2) is 40.3 Å². The van der Waals surface area contributed by atoms with E-state index in [1.807, 2.05) is 30.5 Å². The minimum absolute atomic E-state index is 0.241. The lowest BCUT2D eigenvalue weighted by molar-refractivity contribution is -0.136.